The predicted molar refractivity (Wildman–Crippen MR) is 81.4 cm³/mol. The Morgan fingerprint density at radius 3 is 2.35 bits per heavy atom. The molecule has 4 heteroatoms. The van der Waals surface area contributed by atoms with Gasteiger partial charge < -0.3 is 11.1 Å². The van der Waals surface area contributed by atoms with Crippen LogP contribution in [0.4, 0.5) is 0 Å². The summed E-state index contributed by atoms with van der Waals surface area (Å²) in [5.74, 6) is -0.149. The second-order valence-corrected chi connectivity index (χ2v) is 5.08. The Morgan fingerprint density at radius 1 is 1.05 bits per heavy atom. The van der Waals surface area contributed by atoms with E-state index in [0.29, 0.717) is 18.0 Å². The summed E-state index contributed by atoms with van der Waals surface area (Å²) in [5.41, 5.74) is 7.96. The Hall–Kier alpha value is -1.84. The Bertz CT molecular complexity index is 554. The Morgan fingerprint density at radius 2 is 1.70 bits per heavy atom. The average molecular weight is 289 g/mol. The highest BCUT2D eigenvalue weighted by molar-refractivity contribution is 6.30. The molecule has 1 atom stereocenters. The van der Waals surface area contributed by atoms with Gasteiger partial charge in [0, 0.05) is 11.6 Å². The number of benzene rings is 2. The van der Waals surface area contributed by atoms with Crippen LogP contribution in [0.5, 0.6) is 0 Å². The standard InChI is InChI=1S/C16H17ClN2O/c17-14-8-6-13(7-9-14)11-19-16(20)15(18)10-12-4-2-1-3-5-12/h1-9,15H,10-11,18H2,(H,19,20). The fourth-order valence-corrected chi connectivity index (χ4v) is 2.01. The van der Waals surface area contributed by atoms with Crippen molar-refractivity contribution in [1.82, 2.24) is 5.32 Å². The fourth-order valence-electron chi connectivity index (χ4n) is 1.88. The van der Waals surface area contributed by atoms with E-state index in [1.165, 1.54) is 0 Å². The molecule has 0 fully saturated rings. The van der Waals surface area contributed by atoms with E-state index in [9.17, 15) is 4.79 Å². The molecule has 0 heterocycles. The van der Waals surface area contributed by atoms with Gasteiger partial charge in [-0.25, -0.2) is 0 Å². The first kappa shape index (κ1) is 14.6. The third-order valence-electron chi connectivity index (χ3n) is 3.02. The van der Waals surface area contributed by atoms with E-state index in [-0.39, 0.29) is 5.91 Å². The summed E-state index contributed by atoms with van der Waals surface area (Å²) in [7, 11) is 0. The maximum atomic E-state index is 11.9. The minimum Gasteiger partial charge on any atom is -0.351 e. The smallest absolute Gasteiger partial charge is 0.237 e. The molecule has 2 rings (SSSR count). The second kappa shape index (κ2) is 7.08. The summed E-state index contributed by atoms with van der Waals surface area (Å²) in [4.78, 5) is 11.9. The molecule has 0 aliphatic carbocycles. The lowest BCUT2D eigenvalue weighted by Gasteiger charge is -2.12. The van der Waals surface area contributed by atoms with Crippen molar-refractivity contribution in [3.63, 3.8) is 0 Å². The SMILES string of the molecule is NC(Cc1ccccc1)C(=O)NCc1ccc(Cl)cc1. The van der Waals surface area contributed by atoms with Crippen molar-refractivity contribution < 1.29 is 4.79 Å². The lowest BCUT2D eigenvalue weighted by molar-refractivity contribution is -0.122. The van der Waals surface area contributed by atoms with Crippen LogP contribution < -0.4 is 11.1 Å². The highest BCUT2D eigenvalue weighted by atomic mass is 35.5. The molecule has 0 radical (unpaired) electrons. The monoisotopic (exact) mass is 288 g/mol. The Labute approximate surface area is 123 Å². The molecule has 0 saturated carbocycles. The third-order valence-corrected chi connectivity index (χ3v) is 3.27. The summed E-state index contributed by atoms with van der Waals surface area (Å²) in [6.07, 6.45) is 0.535. The number of carbonyl (C=O) groups excluding carboxylic acids is 1. The minimum absolute atomic E-state index is 0.149. The Kier molecular flexibility index (Phi) is 5.16. The van der Waals surface area contributed by atoms with E-state index < -0.39 is 6.04 Å². The van der Waals surface area contributed by atoms with E-state index >= 15 is 0 Å². The predicted octanol–water partition coefficient (Wildman–Crippen LogP) is 2.53. The number of halogens is 1. The van der Waals surface area contributed by atoms with Crippen molar-refractivity contribution in [3.05, 3.63) is 70.7 Å². The second-order valence-electron chi connectivity index (χ2n) is 4.64. The van der Waals surface area contributed by atoms with Crippen LogP contribution >= 0.6 is 11.6 Å². The molecule has 3 N–H and O–H groups in total. The molecule has 104 valence electrons. The summed E-state index contributed by atoms with van der Waals surface area (Å²) in [6, 6.07) is 16.6. The molecular weight excluding hydrogens is 272 g/mol. The van der Waals surface area contributed by atoms with Crippen molar-refractivity contribution >= 4 is 17.5 Å². The molecule has 0 aliphatic rings. The first-order valence-electron chi connectivity index (χ1n) is 6.47. The van der Waals surface area contributed by atoms with Crippen LogP contribution in [0, 0.1) is 0 Å². The molecule has 1 amide bonds. The number of nitrogens with two attached hydrogens (primary N) is 1. The van der Waals surface area contributed by atoms with Gasteiger partial charge in [0.15, 0.2) is 0 Å². The lowest BCUT2D eigenvalue weighted by Crippen LogP contribution is -2.41. The van der Waals surface area contributed by atoms with E-state index in [4.69, 9.17) is 17.3 Å². The first-order valence-corrected chi connectivity index (χ1v) is 6.84. The van der Waals surface area contributed by atoms with Gasteiger partial charge in [0.25, 0.3) is 0 Å². The van der Waals surface area contributed by atoms with Crippen LogP contribution in [0.15, 0.2) is 54.6 Å². The number of hydrogen-bond donors (Lipinski definition) is 2. The maximum absolute atomic E-state index is 11.9. The van der Waals surface area contributed by atoms with Crippen molar-refractivity contribution in [2.24, 2.45) is 5.73 Å². The zero-order chi connectivity index (χ0) is 14.4. The molecule has 3 nitrogen and oxygen atoms in total. The van der Waals surface area contributed by atoms with Gasteiger partial charge in [-0.15, -0.1) is 0 Å². The molecule has 1 unspecified atom stereocenters. The van der Waals surface area contributed by atoms with E-state index in [1.807, 2.05) is 42.5 Å². The zero-order valence-electron chi connectivity index (χ0n) is 11.1. The van der Waals surface area contributed by atoms with Crippen molar-refractivity contribution in [3.8, 4) is 0 Å². The number of nitrogens with one attached hydrogen (secondary N) is 1. The van der Waals surface area contributed by atoms with Crippen LogP contribution in [-0.2, 0) is 17.8 Å². The number of rotatable bonds is 5. The molecule has 2 aromatic carbocycles. The largest absolute Gasteiger partial charge is 0.351 e. The molecule has 0 saturated heterocycles. The highest BCUT2D eigenvalue weighted by Gasteiger charge is 2.13. The van der Waals surface area contributed by atoms with Gasteiger partial charge in [-0.3, -0.25) is 4.79 Å². The number of amides is 1. The summed E-state index contributed by atoms with van der Waals surface area (Å²) in [6.45, 7) is 0.457. The summed E-state index contributed by atoms with van der Waals surface area (Å²) in [5, 5.41) is 3.51. The normalized spacial score (nSPS) is 11.9. The first-order chi connectivity index (χ1) is 9.65. The molecular formula is C16H17ClN2O. The highest BCUT2D eigenvalue weighted by Crippen LogP contribution is 2.09. The van der Waals surface area contributed by atoms with E-state index in [0.717, 1.165) is 11.1 Å². The molecule has 0 aliphatic heterocycles. The van der Waals surface area contributed by atoms with Crippen LogP contribution in [-0.4, -0.2) is 11.9 Å². The zero-order valence-corrected chi connectivity index (χ0v) is 11.8. The fraction of sp³-hybridized carbons (Fsp3) is 0.188. The van der Waals surface area contributed by atoms with Gasteiger partial charge in [0.1, 0.15) is 0 Å². The molecule has 0 bridgehead atoms. The van der Waals surface area contributed by atoms with E-state index in [1.54, 1.807) is 12.1 Å². The quantitative estimate of drug-likeness (QED) is 0.888. The van der Waals surface area contributed by atoms with Gasteiger partial charge >= 0.3 is 0 Å². The van der Waals surface area contributed by atoms with Crippen molar-refractivity contribution in [1.29, 1.82) is 0 Å². The molecule has 0 spiro atoms. The van der Waals surface area contributed by atoms with Crippen LogP contribution in [0.3, 0.4) is 0 Å². The Balaban J connectivity index is 1.83. The average Bonchev–Trinajstić information content (AvgIpc) is 2.47. The maximum Gasteiger partial charge on any atom is 0.237 e. The van der Waals surface area contributed by atoms with Gasteiger partial charge in [0.05, 0.1) is 6.04 Å². The summed E-state index contributed by atoms with van der Waals surface area (Å²) >= 11 is 5.81. The van der Waals surface area contributed by atoms with Gasteiger partial charge in [-0.2, -0.15) is 0 Å². The van der Waals surface area contributed by atoms with Crippen molar-refractivity contribution in [2.45, 2.75) is 19.0 Å². The molecule has 2 aromatic rings. The van der Waals surface area contributed by atoms with Crippen LogP contribution in [0.25, 0.3) is 0 Å². The van der Waals surface area contributed by atoms with Crippen LogP contribution in [0.2, 0.25) is 5.02 Å². The molecule has 20 heavy (non-hydrogen) atoms. The van der Waals surface area contributed by atoms with Gasteiger partial charge in [-0.1, -0.05) is 54.1 Å². The van der Waals surface area contributed by atoms with Gasteiger partial charge in [-0.05, 0) is 29.7 Å². The minimum atomic E-state index is -0.537. The lowest BCUT2D eigenvalue weighted by atomic mass is 10.1. The molecule has 0 aromatic heterocycles. The van der Waals surface area contributed by atoms with Gasteiger partial charge in [0.2, 0.25) is 5.91 Å². The van der Waals surface area contributed by atoms with Crippen molar-refractivity contribution in [2.75, 3.05) is 0 Å². The van der Waals surface area contributed by atoms with Crippen LogP contribution in [0.1, 0.15) is 11.1 Å². The number of carbonyl (C=O) groups is 1. The van der Waals surface area contributed by atoms with E-state index in [2.05, 4.69) is 5.32 Å². The summed E-state index contributed by atoms with van der Waals surface area (Å²) < 4.78 is 0. The number of hydrogen-bond acceptors (Lipinski definition) is 2. The topological polar surface area (TPSA) is 55.1 Å². The third kappa shape index (κ3) is 4.37.